The highest BCUT2D eigenvalue weighted by atomic mass is 15.0. The zero-order valence-corrected chi connectivity index (χ0v) is 9.53. The maximum atomic E-state index is 8.82. The van der Waals surface area contributed by atoms with Crippen LogP contribution in [0.4, 0.5) is 11.4 Å². The van der Waals surface area contributed by atoms with Crippen molar-refractivity contribution in [1.82, 2.24) is 0 Å². The molecule has 1 aromatic carbocycles. The predicted octanol–water partition coefficient (Wildman–Crippen LogP) is 2.74. The zero-order valence-electron chi connectivity index (χ0n) is 9.53. The number of anilines is 2. The molecule has 3 heteroatoms. The van der Waals surface area contributed by atoms with Crippen LogP contribution < -0.4 is 11.1 Å². The molecule has 16 heavy (non-hydrogen) atoms. The lowest BCUT2D eigenvalue weighted by Gasteiger charge is -2.09. The van der Waals surface area contributed by atoms with Crippen molar-refractivity contribution in [2.45, 2.75) is 32.2 Å². The Labute approximate surface area is 96.3 Å². The summed E-state index contributed by atoms with van der Waals surface area (Å²) < 4.78 is 0. The maximum Gasteiger partial charge on any atom is 0.0992 e. The van der Waals surface area contributed by atoms with Gasteiger partial charge in [-0.05, 0) is 37.0 Å². The second kappa shape index (κ2) is 4.44. The van der Waals surface area contributed by atoms with Crippen LogP contribution in [-0.2, 0) is 0 Å². The SMILES string of the molecule is CCCC1CC1Nc1cc(C#N)ccc1N. The van der Waals surface area contributed by atoms with Gasteiger partial charge in [0.25, 0.3) is 0 Å². The summed E-state index contributed by atoms with van der Waals surface area (Å²) in [5.74, 6) is 0.787. The smallest absolute Gasteiger partial charge is 0.0992 e. The van der Waals surface area contributed by atoms with Crippen LogP contribution in [0, 0.1) is 17.2 Å². The molecular weight excluding hydrogens is 198 g/mol. The molecule has 1 fully saturated rings. The lowest BCUT2D eigenvalue weighted by atomic mass is 10.2. The topological polar surface area (TPSA) is 61.8 Å². The first kappa shape index (κ1) is 10.8. The average Bonchev–Trinajstić information content (AvgIpc) is 3.00. The largest absolute Gasteiger partial charge is 0.397 e. The lowest BCUT2D eigenvalue weighted by Crippen LogP contribution is -2.07. The molecule has 84 valence electrons. The van der Waals surface area contributed by atoms with E-state index in [0.29, 0.717) is 11.6 Å². The van der Waals surface area contributed by atoms with E-state index in [9.17, 15) is 0 Å². The summed E-state index contributed by atoms with van der Waals surface area (Å²) in [5, 5.41) is 12.2. The highest BCUT2D eigenvalue weighted by molar-refractivity contribution is 5.69. The fourth-order valence-electron chi connectivity index (χ4n) is 2.06. The number of hydrogen-bond donors (Lipinski definition) is 2. The molecule has 0 bridgehead atoms. The van der Waals surface area contributed by atoms with Crippen LogP contribution in [0.5, 0.6) is 0 Å². The van der Waals surface area contributed by atoms with Crippen LogP contribution in [0.15, 0.2) is 18.2 Å². The van der Waals surface area contributed by atoms with E-state index in [1.54, 1.807) is 12.1 Å². The van der Waals surface area contributed by atoms with Gasteiger partial charge in [-0.1, -0.05) is 13.3 Å². The molecule has 0 aliphatic heterocycles. The van der Waals surface area contributed by atoms with E-state index < -0.39 is 0 Å². The van der Waals surface area contributed by atoms with Gasteiger partial charge in [0.1, 0.15) is 0 Å². The van der Waals surface area contributed by atoms with Crippen molar-refractivity contribution >= 4 is 11.4 Å². The number of nitrogens with one attached hydrogen (secondary N) is 1. The molecule has 0 aromatic heterocycles. The Bertz CT molecular complexity index is 420. The molecule has 0 amide bonds. The average molecular weight is 215 g/mol. The third-order valence-corrected chi connectivity index (χ3v) is 3.11. The standard InChI is InChI=1S/C13H17N3/c1-2-3-10-7-12(10)16-13-6-9(8-14)4-5-11(13)15/h4-6,10,12,16H,2-3,7,15H2,1H3. The van der Waals surface area contributed by atoms with Crippen molar-refractivity contribution in [2.24, 2.45) is 5.92 Å². The molecule has 2 unspecified atom stereocenters. The van der Waals surface area contributed by atoms with E-state index >= 15 is 0 Å². The Morgan fingerprint density at radius 1 is 1.56 bits per heavy atom. The number of rotatable bonds is 4. The Hall–Kier alpha value is -1.69. The molecule has 0 heterocycles. The van der Waals surface area contributed by atoms with Gasteiger partial charge in [-0.2, -0.15) is 5.26 Å². The number of nitriles is 1. The van der Waals surface area contributed by atoms with Gasteiger partial charge in [-0.15, -0.1) is 0 Å². The fourth-order valence-corrected chi connectivity index (χ4v) is 2.06. The van der Waals surface area contributed by atoms with Gasteiger partial charge in [0.15, 0.2) is 0 Å². The molecule has 1 saturated carbocycles. The molecule has 2 rings (SSSR count). The van der Waals surface area contributed by atoms with E-state index in [2.05, 4.69) is 18.3 Å². The summed E-state index contributed by atoms with van der Waals surface area (Å²) in [7, 11) is 0. The summed E-state index contributed by atoms with van der Waals surface area (Å²) >= 11 is 0. The normalized spacial score (nSPS) is 22.5. The van der Waals surface area contributed by atoms with Crippen molar-refractivity contribution in [3.8, 4) is 6.07 Å². The van der Waals surface area contributed by atoms with Gasteiger partial charge < -0.3 is 11.1 Å². The molecule has 0 radical (unpaired) electrons. The molecule has 1 aliphatic carbocycles. The third-order valence-electron chi connectivity index (χ3n) is 3.11. The highest BCUT2D eigenvalue weighted by Gasteiger charge is 2.36. The van der Waals surface area contributed by atoms with Crippen LogP contribution in [-0.4, -0.2) is 6.04 Å². The van der Waals surface area contributed by atoms with Crippen molar-refractivity contribution in [3.05, 3.63) is 23.8 Å². The number of nitrogen functional groups attached to an aromatic ring is 1. The molecule has 2 atom stereocenters. The van der Waals surface area contributed by atoms with Gasteiger partial charge in [-0.25, -0.2) is 0 Å². The molecular formula is C13H17N3. The minimum Gasteiger partial charge on any atom is -0.397 e. The Kier molecular flexibility index (Phi) is 3.00. The quantitative estimate of drug-likeness (QED) is 0.759. The summed E-state index contributed by atoms with van der Waals surface area (Å²) in [6, 6.07) is 8.05. The van der Waals surface area contributed by atoms with Gasteiger partial charge in [-0.3, -0.25) is 0 Å². The van der Waals surface area contributed by atoms with Gasteiger partial charge >= 0.3 is 0 Å². The molecule has 3 N–H and O–H groups in total. The number of benzene rings is 1. The van der Waals surface area contributed by atoms with Crippen LogP contribution in [0.2, 0.25) is 0 Å². The zero-order chi connectivity index (χ0) is 11.5. The number of hydrogen-bond acceptors (Lipinski definition) is 3. The van der Waals surface area contributed by atoms with Gasteiger partial charge in [0.05, 0.1) is 23.0 Å². The first-order valence-electron chi connectivity index (χ1n) is 5.80. The Morgan fingerprint density at radius 2 is 2.38 bits per heavy atom. The van der Waals surface area contributed by atoms with Gasteiger partial charge in [0, 0.05) is 6.04 Å². The molecule has 1 aromatic rings. The summed E-state index contributed by atoms with van der Waals surface area (Å²) in [5.41, 5.74) is 8.15. The van der Waals surface area contributed by atoms with Crippen molar-refractivity contribution in [2.75, 3.05) is 11.1 Å². The molecule has 0 saturated heterocycles. The van der Waals surface area contributed by atoms with Crippen LogP contribution in [0.3, 0.4) is 0 Å². The van der Waals surface area contributed by atoms with Crippen LogP contribution in [0.25, 0.3) is 0 Å². The minimum atomic E-state index is 0.552. The monoisotopic (exact) mass is 215 g/mol. The second-order valence-corrected chi connectivity index (χ2v) is 4.45. The van der Waals surface area contributed by atoms with E-state index in [4.69, 9.17) is 11.0 Å². The Balaban J connectivity index is 2.02. The number of nitrogens with zero attached hydrogens (tertiary/aromatic N) is 1. The maximum absolute atomic E-state index is 8.82. The highest BCUT2D eigenvalue weighted by Crippen LogP contribution is 2.38. The fraction of sp³-hybridized carbons (Fsp3) is 0.462. The minimum absolute atomic E-state index is 0.552. The summed E-state index contributed by atoms with van der Waals surface area (Å²) in [6.45, 7) is 2.21. The van der Waals surface area contributed by atoms with Crippen LogP contribution >= 0.6 is 0 Å². The molecule has 0 spiro atoms. The first-order chi connectivity index (χ1) is 7.74. The lowest BCUT2D eigenvalue weighted by molar-refractivity contribution is 0.693. The first-order valence-corrected chi connectivity index (χ1v) is 5.80. The molecule has 3 nitrogen and oxygen atoms in total. The van der Waals surface area contributed by atoms with Crippen molar-refractivity contribution in [3.63, 3.8) is 0 Å². The van der Waals surface area contributed by atoms with Gasteiger partial charge in [0.2, 0.25) is 0 Å². The van der Waals surface area contributed by atoms with E-state index in [1.165, 1.54) is 19.3 Å². The van der Waals surface area contributed by atoms with Crippen LogP contribution in [0.1, 0.15) is 31.7 Å². The van der Waals surface area contributed by atoms with E-state index in [1.807, 2.05) is 6.07 Å². The van der Waals surface area contributed by atoms with Crippen molar-refractivity contribution in [1.29, 1.82) is 5.26 Å². The predicted molar refractivity (Wildman–Crippen MR) is 66.0 cm³/mol. The third kappa shape index (κ3) is 2.27. The molecule has 1 aliphatic rings. The second-order valence-electron chi connectivity index (χ2n) is 4.45. The Morgan fingerprint density at radius 3 is 3.06 bits per heavy atom. The summed E-state index contributed by atoms with van der Waals surface area (Å²) in [4.78, 5) is 0. The van der Waals surface area contributed by atoms with Crippen molar-refractivity contribution < 1.29 is 0 Å². The number of nitrogens with two attached hydrogens (primary N) is 1. The van der Waals surface area contributed by atoms with E-state index in [0.717, 1.165) is 17.3 Å². The summed E-state index contributed by atoms with van der Waals surface area (Å²) in [6.07, 6.45) is 3.73. The van der Waals surface area contributed by atoms with E-state index in [-0.39, 0.29) is 0 Å².